The molecule has 0 fully saturated rings. The Morgan fingerprint density at radius 1 is 1.16 bits per heavy atom. The fourth-order valence-electron chi connectivity index (χ4n) is 1.39. The molecule has 0 saturated heterocycles. The van der Waals surface area contributed by atoms with Gasteiger partial charge in [0.15, 0.2) is 0 Å². The second-order valence-corrected chi connectivity index (χ2v) is 3.68. The summed E-state index contributed by atoms with van der Waals surface area (Å²) >= 11 is 0. The first-order valence-electron chi connectivity index (χ1n) is 5.09. The molecule has 0 aromatic heterocycles. The number of nitrogens with zero attached hydrogens (tertiary/aromatic N) is 1. The highest BCUT2D eigenvalue weighted by molar-refractivity contribution is 5.98. The second-order valence-electron chi connectivity index (χ2n) is 3.68. The fourth-order valence-corrected chi connectivity index (χ4v) is 1.39. The second kappa shape index (κ2) is 5.80. The lowest BCUT2D eigenvalue weighted by molar-refractivity contribution is -0.140. The van der Waals surface area contributed by atoms with Crippen molar-refractivity contribution in [1.29, 1.82) is 0 Å². The maximum Gasteiger partial charge on any atom is 0.323 e. The number of carbonyl (C=O) groups is 3. The molecule has 1 aromatic carbocycles. The number of carbonyl (C=O) groups excluding carboxylic acids is 1. The SMILES string of the molecule is Nc1cc(C(=O)N(CC(=O)O)CC(=O)O)ccc1F. The summed E-state index contributed by atoms with van der Waals surface area (Å²) in [5.41, 5.74) is 4.92. The molecule has 1 rings (SSSR count). The Morgan fingerprint density at radius 3 is 2.11 bits per heavy atom. The van der Waals surface area contributed by atoms with Crippen LogP contribution in [0.4, 0.5) is 10.1 Å². The van der Waals surface area contributed by atoms with E-state index in [4.69, 9.17) is 15.9 Å². The molecule has 0 heterocycles. The molecule has 0 aliphatic carbocycles. The first-order valence-corrected chi connectivity index (χ1v) is 5.09. The Morgan fingerprint density at radius 2 is 1.68 bits per heavy atom. The van der Waals surface area contributed by atoms with E-state index in [9.17, 15) is 18.8 Å². The third kappa shape index (κ3) is 3.95. The van der Waals surface area contributed by atoms with Crippen LogP contribution in [0.5, 0.6) is 0 Å². The first-order chi connectivity index (χ1) is 8.81. The number of anilines is 1. The highest BCUT2D eigenvalue weighted by Gasteiger charge is 2.21. The highest BCUT2D eigenvalue weighted by Crippen LogP contribution is 2.14. The molecule has 0 bridgehead atoms. The van der Waals surface area contributed by atoms with Gasteiger partial charge in [-0.1, -0.05) is 0 Å². The molecule has 0 saturated carbocycles. The number of hydrogen-bond donors (Lipinski definition) is 3. The zero-order chi connectivity index (χ0) is 14.6. The van der Waals surface area contributed by atoms with E-state index in [0.29, 0.717) is 4.90 Å². The summed E-state index contributed by atoms with van der Waals surface area (Å²) in [5, 5.41) is 17.2. The van der Waals surface area contributed by atoms with E-state index in [-0.39, 0.29) is 11.3 Å². The average Bonchev–Trinajstić information content (AvgIpc) is 2.29. The van der Waals surface area contributed by atoms with E-state index in [1.165, 1.54) is 0 Å². The number of benzene rings is 1. The first kappa shape index (κ1) is 14.4. The predicted octanol–water partition coefficient (Wildman–Crippen LogP) is 0.0193. The summed E-state index contributed by atoms with van der Waals surface area (Å²) in [4.78, 5) is 33.7. The predicted molar refractivity (Wildman–Crippen MR) is 62.0 cm³/mol. The Bertz CT molecular complexity index is 516. The van der Waals surface area contributed by atoms with E-state index < -0.39 is 36.8 Å². The highest BCUT2D eigenvalue weighted by atomic mass is 19.1. The van der Waals surface area contributed by atoms with E-state index in [1.54, 1.807) is 0 Å². The third-order valence-corrected chi connectivity index (χ3v) is 2.18. The van der Waals surface area contributed by atoms with Gasteiger partial charge in [-0.05, 0) is 18.2 Å². The number of carboxylic acids is 2. The molecule has 7 nitrogen and oxygen atoms in total. The van der Waals surface area contributed by atoms with Gasteiger partial charge in [-0.25, -0.2) is 4.39 Å². The lowest BCUT2D eigenvalue weighted by Gasteiger charge is -2.18. The van der Waals surface area contributed by atoms with Gasteiger partial charge in [-0.2, -0.15) is 0 Å². The number of carboxylic acid groups (broad SMARTS) is 2. The summed E-state index contributed by atoms with van der Waals surface area (Å²) in [6, 6.07) is 3.07. The zero-order valence-electron chi connectivity index (χ0n) is 9.67. The normalized spacial score (nSPS) is 9.95. The number of nitrogen functional groups attached to an aromatic ring is 1. The standard InChI is InChI=1S/C11H11FN2O5/c12-7-2-1-6(3-8(7)13)11(19)14(4-9(15)16)5-10(17)18/h1-3H,4-5,13H2,(H,15,16)(H,17,18). The Labute approximate surface area is 107 Å². The van der Waals surface area contributed by atoms with E-state index in [1.807, 2.05) is 0 Å². The lowest BCUT2D eigenvalue weighted by atomic mass is 10.1. The van der Waals surface area contributed by atoms with Gasteiger partial charge < -0.3 is 20.8 Å². The summed E-state index contributed by atoms with van der Waals surface area (Å²) in [7, 11) is 0. The van der Waals surface area contributed by atoms with Crippen LogP contribution in [0, 0.1) is 5.82 Å². The van der Waals surface area contributed by atoms with Crippen LogP contribution in [0.15, 0.2) is 18.2 Å². The minimum absolute atomic E-state index is 0.0820. The van der Waals surface area contributed by atoms with Crippen molar-refractivity contribution >= 4 is 23.5 Å². The Balaban J connectivity index is 3.00. The van der Waals surface area contributed by atoms with E-state index >= 15 is 0 Å². The lowest BCUT2D eigenvalue weighted by Crippen LogP contribution is -2.39. The summed E-state index contributed by atoms with van der Waals surface area (Å²) in [6.45, 7) is -1.55. The minimum Gasteiger partial charge on any atom is -0.480 e. The summed E-state index contributed by atoms with van der Waals surface area (Å²) in [6.07, 6.45) is 0. The number of amides is 1. The molecule has 0 atom stereocenters. The molecule has 1 aromatic rings. The van der Waals surface area contributed by atoms with Crippen LogP contribution in [-0.4, -0.2) is 46.0 Å². The van der Waals surface area contributed by atoms with Gasteiger partial charge in [-0.15, -0.1) is 0 Å². The van der Waals surface area contributed by atoms with Crippen molar-refractivity contribution in [2.75, 3.05) is 18.8 Å². The van der Waals surface area contributed by atoms with Crippen molar-refractivity contribution in [2.45, 2.75) is 0 Å². The Hall–Kier alpha value is -2.64. The molecule has 19 heavy (non-hydrogen) atoms. The van der Waals surface area contributed by atoms with Crippen molar-refractivity contribution in [3.8, 4) is 0 Å². The minimum atomic E-state index is -1.36. The van der Waals surface area contributed by atoms with Gasteiger partial charge in [0.1, 0.15) is 18.9 Å². The largest absolute Gasteiger partial charge is 0.480 e. The summed E-state index contributed by atoms with van der Waals surface area (Å²) < 4.78 is 12.9. The van der Waals surface area contributed by atoms with Crippen LogP contribution < -0.4 is 5.73 Å². The van der Waals surface area contributed by atoms with Crippen LogP contribution in [0.3, 0.4) is 0 Å². The monoisotopic (exact) mass is 270 g/mol. The molecule has 4 N–H and O–H groups in total. The van der Waals surface area contributed by atoms with Crippen LogP contribution in [0.1, 0.15) is 10.4 Å². The van der Waals surface area contributed by atoms with Gasteiger partial charge in [-0.3, -0.25) is 14.4 Å². The third-order valence-electron chi connectivity index (χ3n) is 2.18. The zero-order valence-corrected chi connectivity index (χ0v) is 9.67. The number of hydrogen-bond acceptors (Lipinski definition) is 4. The molecule has 0 spiro atoms. The van der Waals surface area contributed by atoms with E-state index in [0.717, 1.165) is 18.2 Å². The molecule has 0 aliphatic heterocycles. The molecule has 0 unspecified atom stereocenters. The van der Waals surface area contributed by atoms with E-state index in [2.05, 4.69) is 0 Å². The smallest absolute Gasteiger partial charge is 0.323 e. The fraction of sp³-hybridized carbons (Fsp3) is 0.182. The van der Waals surface area contributed by atoms with Crippen LogP contribution in [-0.2, 0) is 9.59 Å². The van der Waals surface area contributed by atoms with Gasteiger partial charge in [0, 0.05) is 5.56 Å². The van der Waals surface area contributed by atoms with Crippen molar-refractivity contribution in [2.24, 2.45) is 0 Å². The van der Waals surface area contributed by atoms with Crippen LogP contribution in [0.25, 0.3) is 0 Å². The summed E-state index contributed by atoms with van der Waals surface area (Å²) in [5.74, 6) is -4.29. The number of aliphatic carboxylic acids is 2. The van der Waals surface area contributed by atoms with Crippen LogP contribution >= 0.6 is 0 Å². The molecule has 8 heteroatoms. The van der Waals surface area contributed by atoms with Crippen molar-refractivity contribution in [3.05, 3.63) is 29.6 Å². The number of nitrogens with two attached hydrogens (primary N) is 1. The van der Waals surface area contributed by atoms with Gasteiger partial charge in [0.2, 0.25) is 0 Å². The van der Waals surface area contributed by atoms with Gasteiger partial charge in [0.05, 0.1) is 5.69 Å². The maximum absolute atomic E-state index is 12.9. The average molecular weight is 270 g/mol. The van der Waals surface area contributed by atoms with Crippen LogP contribution in [0.2, 0.25) is 0 Å². The van der Waals surface area contributed by atoms with Gasteiger partial charge >= 0.3 is 11.9 Å². The topological polar surface area (TPSA) is 121 Å². The molecular formula is C11H11FN2O5. The molecule has 1 amide bonds. The molecule has 102 valence electrons. The molecule has 0 aliphatic rings. The van der Waals surface area contributed by atoms with Gasteiger partial charge in [0.25, 0.3) is 5.91 Å². The number of halogens is 1. The van der Waals surface area contributed by atoms with Crippen molar-refractivity contribution < 1.29 is 29.0 Å². The molecular weight excluding hydrogens is 259 g/mol. The van der Waals surface area contributed by atoms with Crippen molar-refractivity contribution in [1.82, 2.24) is 4.90 Å². The number of rotatable bonds is 5. The Kier molecular flexibility index (Phi) is 4.41. The molecule has 0 radical (unpaired) electrons. The maximum atomic E-state index is 12.9. The quantitative estimate of drug-likeness (QED) is 0.648. The van der Waals surface area contributed by atoms with Crippen molar-refractivity contribution in [3.63, 3.8) is 0 Å².